The molecule has 0 aromatic rings. The summed E-state index contributed by atoms with van der Waals surface area (Å²) < 4.78 is 24.3. The maximum Gasteiger partial charge on any atom is 0.433 e. The van der Waals surface area contributed by atoms with Crippen LogP contribution in [0.15, 0.2) is 0 Å². The summed E-state index contributed by atoms with van der Waals surface area (Å²) in [6.45, 7) is 4.75. The zero-order valence-electron chi connectivity index (χ0n) is 6.88. The van der Waals surface area contributed by atoms with Crippen LogP contribution >= 0.6 is 0 Å². The van der Waals surface area contributed by atoms with Gasteiger partial charge in [0.15, 0.2) is 0 Å². The Balaban J connectivity index is 0.000000261. The van der Waals surface area contributed by atoms with E-state index in [1.807, 2.05) is 0 Å². The van der Waals surface area contributed by atoms with Crippen LogP contribution in [0.5, 0.6) is 0 Å². The van der Waals surface area contributed by atoms with Gasteiger partial charge in [-0.2, -0.15) is 0 Å². The Hall–Kier alpha value is 0.280. The van der Waals surface area contributed by atoms with Crippen LogP contribution in [0, 0.1) is 14.8 Å². The Morgan fingerprint density at radius 1 is 0.917 bits per heavy atom. The third-order valence-corrected chi connectivity index (χ3v) is 1.41. The van der Waals surface area contributed by atoms with Crippen LogP contribution in [0.25, 0.3) is 0 Å². The number of nitrogens with one attached hydrogen (secondary N) is 2. The van der Waals surface area contributed by atoms with Crippen LogP contribution in [0.4, 0.5) is 0 Å². The minimum atomic E-state index is -3.40. The summed E-state index contributed by atoms with van der Waals surface area (Å²) >= 11 is -3.40. The molecule has 1 saturated heterocycles. The first-order chi connectivity index (χ1) is 5.73. The first-order valence-electron chi connectivity index (χ1n) is 3.89. The third kappa shape index (κ3) is 12.9. The minimum Gasteiger partial charge on any atom is -0.372 e. The van der Waals surface area contributed by atoms with Crippen molar-refractivity contribution in [1.82, 2.24) is 10.6 Å². The van der Waals surface area contributed by atoms with Gasteiger partial charge in [0.25, 0.3) is 0 Å². The van der Waals surface area contributed by atoms with Crippen LogP contribution in [0.2, 0.25) is 0 Å². The van der Waals surface area contributed by atoms with Crippen molar-refractivity contribution in [3.8, 4) is 0 Å². The van der Waals surface area contributed by atoms with E-state index >= 15 is 0 Å². The van der Waals surface area contributed by atoms with E-state index in [-0.39, 0.29) is 0 Å². The SMILES string of the molecule is C1CNCCCNC1.[O-][Br+2]([O-])O. The molecule has 0 unspecified atom stereocenters. The van der Waals surface area contributed by atoms with Gasteiger partial charge in [0.05, 0.1) is 0 Å². The Kier molecular flexibility index (Phi) is 9.59. The normalized spacial score (nSPS) is 19.0. The summed E-state index contributed by atoms with van der Waals surface area (Å²) in [5.74, 6) is 0. The molecule has 0 amide bonds. The van der Waals surface area contributed by atoms with E-state index in [1.165, 1.54) is 39.0 Å². The number of hydrogen-bond donors (Lipinski definition) is 3. The molecule has 0 spiro atoms. The van der Waals surface area contributed by atoms with Crippen LogP contribution in [-0.2, 0) is 0 Å². The predicted octanol–water partition coefficient (Wildman–Crippen LogP) is -2.98. The molecule has 0 saturated carbocycles. The number of rotatable bonds is 0. The molecule has 3 N–H and O–H groups in total. The maximum atomic E-state index is 8.63. The highest BCUT2D eigenvalue weighted by molar-refractivity contribution is 4.57. The second-order valence-electron chi connectivity index (χ2n) is 2.41. The molecule has 0 aliphatic carbocycles. The molecule has 5 nitrogen and oxygen atoms in total. The zero-order valence-corrected chi connectivity index (χ0v) is 8.47. The zero-order chi connectivity index (χ0) is 9.23. The fourth-order valence-corrected chi connectivity index (χ4v) is 0.927. The van der Waals surface area contributed by atoms with Crippen LogP contribution in [0.3, 0.4) is 0 Å². The molecular weight excluding hydrogens is 228 g/mol. The fraction of sp³-hybridized carbons (Fsp3) is 1.00. The Morgan fingerprint density at radius 2 is 1.17 bits per heavy atom. The molecule has 74 valence electrons. The lowest BCUT2D eigenvalue weighted by molar-refractivity contribution is -1.63. The van der Waals surface area contributed by atoms with Gasteiger partial charge in [-0.25, -0.2) is 0 Å². The molecule has 0 bridgehead atoms. The van der Waals surface area contributed by atoms with Crippen LogP contribution < -0.4 is 19.0 Å². The first kappa shape index (κ1) is 12.3. The van der Waals surface area contributed by atoms with E-state index in [2.05, 4.69) is 10.6 Å². The lowest BCUT2D eigenvalue weighted by atomic mass is 10.3. The highest BCUT2D eigenvalue weighted by atomic mass is 80.0. The van der Waals surface area contributed by atoms with E-state index in [0.717, 1.165) is 0 Å². The smallest absolute Gasteiger partial charge is 0.372 e. The Bertz CT molecular complexity index is 68.1. The van der Waals surface area contributed by atoms with Crippen molar-refractivity contribution >= 4 is 0 Å². The van der Waals surface area contributed by atoms with Crippen molar-refractivity contribution < 1.29 is 27.4 Å². The minimum absolute atomic E-state index is 1.19. The standard InChI is InChI=1S/C6H14N2.BrHO3/c1-3-7-5-2-6-8-4-1;2-1(3)4/h7-8H,1-6H2;2H. The number of halogens is 1. The van der Waals surface area contributed by atoms with Gasteiger partial charge < -0.3 is 19.0 Å². The monoisotopic (exact) mass is 242 g/mol. The third-order valence-electron chi connectivity index (χ3n) is 1.41. The molecule has 12 heavy (non-hydrogen) atoms. The van der Waals surface area contributed by atoms with E-state index in [1.54, 1.807) is 0 Å². The van der Waals surface area contributed by atoms with Gasteiger partial charge in [0.1, 0.15) is 0 Å². The maximum absolute atomic E-state index is 8.63. The van der Waals surface area contributed by atoms with Crippen LogP contribution in [0.1, 0.15) is 12.8 Å². The summed E-state index contributed by atoms with van der Waals surface area (Å²) in [5.41, 5.74) is 0. The van der Waals surface area contributed by atoms with Crippen molar-refractivity contribution in [3.05, 3.63) is 0 Å². The van der Waals surface area contributed by atoms with Crippen molar-refractivity contribution in [2.24, 2.45) is 0 Å². The molecule has 1 aliphatic rings. The van der Waals surface area contributed by atoms with E-state index < -0.39 is 14.8 Å². The average molecular weight is 243 g/mol. The van der Waals surface area contributed by atoms with Crippen LogP contribution in [-0.4, -0.2) is 30.4 Å². The molecule has 0 radical (unpaired) electrons. The summed E-state index contributed by atoms with van der Waals surface area (Å²) in [4.78, 5) is 0. The molecular formula is C6H15BrN2O3. The summed E-state index contributed by atoms with van der Waals surface area (Å²) in [7, 11) is 0. The molecule has 1 fully saturated rings. The number of hydrogen-bond acceptors (Lipinski definition) is 5. The second kappa shape index (κ2) is 9.37. The van der Waals surface area contributed by atoms with Crippen molar-refractivity contribution in [2.75, 3.05) is 26.2 Å². The van der Waals surface area contributed by atoms with Gasteiger partial charge >= 0.3 is 14.8 Å². The molecule has 0 aromatic carbocycles. The van der Waals surface area contributed by atoms with Gasteiger partial charge in [-0.05, 0) is 43.2 Å². The van der Waals surface area contributed by atoms with Crippen molar-refractivity contribution in [1.29, 1.82) is 0 Å². The van der Waals surface area contributed by atoms with E-state index in [9.17, 15) is 0 Å². The van der Waals surface area contributed by atoms with Gasteiger partial charge in [0, 0.05) is 0 Å². The van der Waals surface area contributed by atoms with E-state index in [0.29, 0.717) is 0 Å². The van der Waals surface area contributed by atoms with Crippen molar-refractivity contribution in [2.45, 2.75) is 12.8 Å². The van der Waals surface area contributed by atoms with Gasteiger partial charge in [-0.15, -0.1) is 0 Å². The molecule has 1 rings (SSSR count). The molecule has 0 aromatic heterocycles. The summed E-state index contributed by atoms with van der Waals surface area (Å²) in [6, 6.07) is 0. The van der Waals surface area contributed by atoms with Gasteiger partial charge in [-0.1, -0.05) is 0 Å². The Morgan fingerprint density at radius 3 is 1.42 bits per heavy atom. The first-order valence-corrected chi connectivity index (χ1v) is 5.90. The quantitative estimate of drug-likeness (QED) is 0.422. The molecule has 1 aliphatic heterocycles. The van der Waals surface area contributed by atoms with Gasteiger partial charge in [-0.3, -0.25) is 0 Å². The average Bonchev–Trinajstić information content (AvgIpc) is 1.82. The summed E-state index contributed by atoms with van der Waals surface area (Å²) in [5, 5.41) is 6.69. The molecule has 0 atom stereocenters. The lowest BCUT2D eigenvalue weighted by Gasteiger charge is -2.09. The topological polar surface area (TPSA) is 90.4 Å². The highest BCUT2D eigenvalue weighted by Crippen LogP contribution is 1.81. The second-order valence-corrected chi connectivity index (χ2v) is 3.25. The molecule has 6 heteroatoms. The summed E-state index contributed by atoms with van der Waals surface area (Å²) in [6.07, 6.45) is 2.56. The predicted molar refractivity (Wildman–Crippen MR) is 37.2 cm³/mol. The lowest BCUT2D eigenvalue weighted by Crippen LogP contribution is -2.30. The van der Waals surface area contributed by atoms with Gasteiger partial charge in [0.2, 0.25) is 0 Å². The highest BCUT2D eigenvalue weighted by Gasteiger charge is 1.92. The Labute approximate surface area is 77.6 Å². The largest absolute Gasteiger partial charge is 0.433 e. The molecule has 1 heterocycles. The van der Waals surface area contributed by atoms with E-state index in [4.69, 9.17) is 12.6 Å². The van der Waals surface area contributed by atoms with Crippen molar-refractivity contribution in [3.63, 3.8) is 0 Å². The fourth-order valence-electron chi connectivity index (χ4n) is 0.927.